The Bertz CT molecular complexity index is 1070. The summed E-state index contributed by atoms with van der Waals surface area (Å²) < 4.78 is 5.59. The Morgan fingerprint density at radius 3 is 2.62 bits per heavy atom. The molecular weight excluding hydrogens is 412 g/mol. The number of nitrogens with one attached hydrogen (secondary N) is 2. The van der Waals surface area contributed by atoms with E-state index in [9.17, 15) is 14.4 Å². The van der Waals surface area contributed by atoms with E-state index in [1.807, 2.05) is 12.3 Å². The van der Waals surface area contributed by atoms with Crippen molar-refractivity contribution in [3.8, 4) is 17.0 Å². The maximum absolute atomic E-state index is 12.2. The molecule has 1 aromatic carbocycles. The summed E-state index contributed by atoms with van der Waals surface area (Å²) >= 11 is 2.72. The number of thiazole rings is 1. The van der Waals surface area contributed by atoms with E-state index in [1.165, 1.54) is 35.7 Å². The van der Waals surface area contributed by atoms with E-state index in [0.29, 0.717) is 16.4 Å². The van der Waals surface area contributed by atoms with Crippen molar-refractivity contribution in [3.63, 3.8) is 0 Å². The number of ether oxygens (including phenoxy) is 1. The molecule has 0 unspecified atom stereocenters. The Hall–Kier alpha value is -3.24. The molecule has 29 heavy (non-hydrogen) atoms. The van der Waals surface area contributed by atoms with Gasteiger partial charge in [-0.25, -0.2) is 4.98 Å². The van der Waals surface area contributed by atoms with Gasteiger partial charge in [0.2, 0.25) is 5.91 Å². The van der Waals surface area contributed by atoms with Gasteiger partial charge in [-0.05, 0) is 36.6 Å². The SMILES string of the molecule is CC(=O)Nc1cc(-c2csc(C)n2)ccc1OCC(=O)Nc1sccc1C(N)=O. The van der Waals surface area contributed by atoms with Crippen LogP contribution in [0.5, 0.6) is 5.75 Å². The predicted molar refractivity (Wildman–Crippen MR) is 114 cm³/mol. The molecule has 0 aliphatic rings. The average molecular weight is 431 g/mol. The highest BCUT2D eigenvalue weighted by Gasteiger charge is 2.15. The molecule has 0 saturated carbocycles. The smallest absolute Gasteiger partial charge is 0.262 e. The Morgan fingerprint density at radius 2 is 1.97 bits per heavy atom. The molecule has 0 aliphatic carbocycles. The predicted octanol–water partition coefficient (Wildman–Crippen LogP) is 3.25. The van der Waals surface area contributed by atoms with E-state index >= 15 is 0 Å². The summed E-state index contributed by atoms with van der Waals surface area (Å²) in [4.78, 5) is 39.5. The molecule has 2 aromatic heterocycles. The molecule has 3 rings (SSSR count). The molecule has 0 bridgehead atoms. The van der Waals surface area contributed by atoms with Crippen molar-refractivity contribution in [2.75, 3.05) is 17.2 Å². The molecule has 0 saturated heterocycles. The number of rotatable bonds is 7. The van der Waals surface area contributed by atoms with Crippen molar-refractivity contribution in [2.45, 2.75) is 13.8 Å². The average Bonchev–Trinajstić information content (AvgIpc) is 3.29. The van der Waals surface area contributed by atoms with E-state index in [1.54, 1.807) is 23.6 Å². The van der Waals surface area contributed by atoms with Crippen molar-refractivity contribution in [3.05, 3.63) is 45.6 Å². The lowest BCUT2D eigenvalue weighted by Crippen LogP contribution is -2.22. The molecule has 10 heteroatoms. The third kappa shape index (κ3) is 5.18. The molecular formula is C19H18N4O4S2. The summed E-state index contributed by atoms with van der Waals surface area (Å²) in [7, 11) is 0. The van der Waals surface area contributed by atoms with Crippen LogP contribution in [-0.2, 0) is 9.59 Å². The molecule has 0 atom stereocenters. The van der Waals surface area contributed by atoms with E-state index in [2.05, 4.69) is 15.6 Å². The monoisotopic (exact) mass is 430 g/mol. The maximum atomic E-state index is 12.2. The number of carbonyl (C=O) groups is 3. The molecule has 0 spiro atoms. The number of nitrogens with two attached hydrogens (primary N) is 1. The first-order valence-corrected chi connectivity index (χ1v) is 10.2. The quantitative estimate of drug-likeness (QED) is 0.531. The van der Waals surface area contributed by atoms with E-state index in [-0.39, 0.29) is 18.1 Å². The normalized spacial score (nSPS) is 10.4. The number of amides is 3. The number of hydrogen-bond acceptors (Lipinski definition) is 7. The molecule has 3 amide bonds. The van der Waals surface area contributed by atoms with Gasteiger partial charge in [-0.1, -0.05) is 0 Å². The molecule has 0 aliphatic heterocycles. The number of aromatic nitrogens is 1. The third-order valence-electron chi connectivity index (χ3n) is 3.75. The van der Waals surface area contributed by atoms with Crippen molar-refractivity contribution in [2.24, 2.45) is 5.73 Å². The van der Waals surface area contributed by atoms with Crippen LogP contribution < -0.4 is 21.1 Å². The zero-order valence-corrected chi connectivity index (χ0v) is 17.3. The molecule has 150 valence electrons. The Kier molecular flexibility index (Phi) is 6.25. The first-order chi connectivity index (χ1) is 13.8. The molecule has 4 N–H and O–H groups in total. The summed E-state index contributed by atoms with van der Waals surface area (Å²) in [5.74, 6) is -1.01. The van der Waals surface area contributed by atoms with Gasteiger partial charge in [0.1, 0.15) is 10.8 Å². The first kappa shape index (κ1) is 20.5. The Morgan fingerprint density at radius 1 is 1.17 bits per heavy atom. The van der Waals surface area contributed by atoms with Crippen LogP contribution in [0.1, 0.15) is 22.3 Å². The van der Waals surface area contributed by atoms with Crippen LogP contribution >= 0.6 is 22.7 Å². The van der Waals surface area contributed by atoms with Crippen LogP contribution in [0.25, 0.3) is 11.3 Å². The van der Waals surface area contributed by atoms with E-state index < -0.39 is 11.8 Å². The summed E-state index contributed by atoms with van der Waals surface area (Å²) in [6.07, 6.45) is 0. The number of anilines is 2. The number of nitrogens with zero attached hydrogens (tertiary/aromatic N) is 1. The summed E-state index contributed by atoms with van der Waals surface area (Å²) in [5, 5.41) is 10.2. The second-order valence-electron chi connectivity index (χ2n) is 6.01. The number of aryl methyl sites for hydroxylation is 1. The lowest BCUT2D eigenvalue weighted by atomic mass is 10.1. The number of primary amides is 1. The summed E-state index contributed by atoms with van der Waals surface area (Å²) in [6, 6.07) is 6.75. The van der Waals surface area contributed by atoms with Gasteiger partial charge in [-0.3, -0.25) is 14.4 Å². The first-order valence-electron chi connectivity index (χ1n) is 8.47. The Balaban J connectivity index is 1.73. The van der Waals surface area contributed by atoms with Gasteiger partial charge in [-0.2, -0.15) is 0 Å². The highest BCUT2D eigenvalue weighted by atomic mass is 32.1. The van der Waals surface area contributed by atoms with Gasteiger partial charge in [0, 0.05) is 17.9 Å². The third-order valence-corrected chi connectivity index (χ3v) is 5.35. The lowest BCUT2D eigenvalue weighted by molar-refractivity contribution is -0.118. The van der Waals surface area contributed by atoms with Gasteiger partial charge >= 0.3 is 0 Å². The lowest BCUT2D eigenvalue weighted by Gasteiger charge is -2.13. The zero-order chi connectivity index (χ0) is 21.0. The van der Waals surface area contributed by atoms with Crippen LogP contribution in [0.4, 0.5) is 10.7 Å². The minimum atomic E-state index is -0.622. The largest absolute Gasteiger partial charge is 0.482 e. The van der Waals surface area contributed by atoms with Crippen LogP contribution in [-0.4, -0.2) is 29.3 Å². The van der Waals surface area contributed by atoms with Gasteiger partial charge in [0.15, 0.2) is 6.61 Å². The van der Waals surface area contributed by atoms with E-state index in [0.717, 1.165) is 16.3 Å². The van der Waals surface area contributed by atoms with Gasteiger partial charge in [0.05, 0.1) is 22.0 Å². The van der Waals surface area contributed by atoms with E-state index in [4.69, 9.17) is 10.5 Å². The minimum absolute atomic E-state index is 0.241. The molecule has 0 fully saturated rings. The maximum Gasteiger partial charge on any atom is 0.262 e. The zero-order valence-electron chi connectivity index (χ0n) is 15.6. The van der Waals surface area contributed by atoms with Crippen molar-refractivity contribution in [1.82, 2.24) is 4.98 Å². The topological polar surface area (TPSA) is 123 Å². The van der Waals surface area contributed by atoms with Crippen LogP contribution in [0.2, 0.25) is 0 Å². The molecule has 2 heterocycles. The van der Waals surface area contributed by atoms with Crippen LogP contribution in [0, 0.1) is 6.92 Å². The van der Waals surface area contributed by atoms with Gasteiger partial charge in [-0.15, -0.1) is 22.7 Å². The number of benzene rings is 1. The second-order valence-corrected chi connectivity index (χ2v) is 7.99. The van der Waals surface area contributed by atoms with Gasteiger partial charge < -0.3 is 21.1 Å². The van der Waals surface area contributed by atoms with Crippen molar-refractivity contribution >= 4 is 51.1 Å². The molecule has 3 aromatic rings. The van der Waals surface area contributed by atoms with Crippen molar-refractivity contribution in [1.29, 1.82) is 0 Å². The highest BCUT2D eigenvalue weighted by molar-refractivity contribution is 7.14. The number of thiophene rings is 1. The highest BCUT2D eigenvalue weighted by Crippen LogP contribution is 2.31. The van der Waals surface area contributed by atoms with Gasteiger partial charge in [0.25, 0.3) is 11.8 Å². The molecule has 0 radical (unpaired) electrons. The fourth-order valence-corrected chi connectivity index (χ4v) is 3.94. The van der Waals surface area contributed by atoms with Crippen LogP contribution in [0.15, 0.2) is 35.0 Å². The number of hydrogen-bond donors (Lipinski definition) is 3. The second kappa shape index (κ2) is 8.84. The van der Waals surface area contributed by atoms with Crippen molar-refractivity contribution < 1.29 is 19.1 Å². The standard InChI is InChI=1S/C19H18N4O4S2/c1-10(24)21-14-7-12(15-9-29-11(2)22-15)3-4-16(14)27-8-17(25)23-19-13(18(20)26)5-6-28-19/h3-7,9H,8H2,1-2H3,(H2,20,26)(H,21,24)(H,23,25). The summed E-state index contributed by atoms with van der Waals surface area (Å²) in [6.45, 7) is 2.99. The summed E-state index contributed by atoms with van der Waals surface area (Å²) in [5.41, 5.74) is 7.55. The molecule has 8 nitrogen and oxygen atoms in total. The fourth-order valence-electron chi connectivity index (χ4n) is 2.50. The minimum Gasteiger partial charge on any atom is -0.482 e. The number of carbonyl (C=O) groups excluding carboxylic acids is 3. The van der Waals surface area contributed by atoms with Crippen LogP contribution in [0.3, 0.4) is 0 Å². The Labute approximate surface area is 174 Å². The fraction of sp³-hybridized carbons (Fsp3) is 0.158.